The van der Waals surface area contributed by atoms with Gasteiger partial charge in [0, 0.05) is 24.0 Å². The highest BCUT2D eigenvalue weighted by Crippen LogP contribution is 2.35. The third kappa shape index (κ3) is 3.74. The van der Waals surface area contributed by atoms with Gasteiger partial charge in [0.2, 0.25) is 4.77 Å². The lowest BCUT2D eigenvalue weighted by Gasteiger charge is -2.24. The molecule has 2 aromatic carbocycles. The van der Waals surface area contributed by atoms with Gasteiger partial charge in [-0.15, -0.1) is 5.10 Å². The molecule has 0 aliphatic heterocycles. The highest BCUT2D eigenvalue weighted by molar-refractivity contribution is 7.71. The van der Waals surface area contributed by atoms with Gasteiger partial charge in [-0.05, 0) is 79.6 Å². The SMILES string of the molecule is COc1ccc(-n2c(-c3ccncc3)nn(CN(C)[C@H]3CCc4ccccc43)c2=S)cc1. The van der Waals surface area contributed by atoms with Gasteiger partial charge in [0.05, 0.1) is 19.5 Å². The Labute approximate surface area is 192 Å². The summed E-state index contributed by atoms with van der Waals surface area (Å²) < 4.78 is 9.90. The molecule has 32 heavy (non-hydrogen) atoms. The van der Waals surface area contributed by atoms with Gasteiger partial charge in [-0.3, -0.25) is 14.5 Å². The summed E-state index contributed by atoms with van der Waals surface area (Å²) in [6, 6.07) is 20.9. The summed E-state index contributed by atoms with van der Waals surface area (Å²) >= 11 is 5.92. The highest BCUT2D eigenvalue weighted by Gasteiger charge is 2.26. The maximum absolute atomic E-state index is 5.92. The zero-order valence-corrected chi connectivity index (χ0v) is 19.0. The molecule has 1 atom stereocenters. The third-order valence-electron chi connectivity index (χ3n) is 6.10. The molecule has 2 heterocycles. The summed E-state index contributed by atoms with van der Waals surface area (Å²) in [6.45, 7) is 0.610. The molecule has 0 spiro atoms. The summed E-state index contributed by atoms with van der Waals surface area (Å²) in [5, 5.41) is 4.94. The average molecular weight is 444 g/mol. The molecule has 0 N–H and O–H groups in total. The lowest BCUT2D eigenvalue weighted by molar-refractivity contribution is 0.182. The lowest BCUT2D eigenvalue weighted by Crippen LogP contribution is -2.26. The molecule has 0 bridgehead atoms. The van der Waals surface area contributed by atoms with Gasteiger partial charge in [-0.2, -0.15) is 0 Å². The van der Waals surface area contributed by atoms with Crippen LogP contribution in [0.5, 0.6) is 5.75 Å². The number of rotatable bonds is 6. The van der Waals surface area contributed by atoms with Crippen LogP contribution in [0.1, 0.15) is 23.6 Å². The van der Waals surface area contributed by atoms with Crippen molar-refractivity contribution in [2.24, 2.45) is 0 Å². The molecule has 162 valence electrons. The van der Waals surface area contributed by atoms with Gasteiger partial charge in [-0.25, -0.2) is 4.68 Å². The standard InChI is InChI=1S/C25H25N5OS/c1-28(23-12-7-18-5-3-4-6-22(18)23)17-29-25(32)30(20-8-10-21(31-2)11-9-20)24(27-29)19-13-15-26-16-14-19/h3-6,8-11,13-16,23H,7,12,17H2,1-2H3/t23-/m0/s1. The molecule has 0 unspecified atom stereocenters. The largest absolute Gasteiger partial charge is 0.497 e. The van der Waals surface area contributed by atoms with E-state index in [9.17, 15) is 0 Å². The van der Waals surface area contributed by atoms with Crippen LogP contribution < -0.4 is 4.74 Å². The van der Waals surface area contributed by atoms with Crippen molar-refractivity contribution in [2.45, 2.75) is 25.6 Å². The van der Waals surface area contributed by atoms with Crippen LogP contribution in [0.15, 0.2) is 73.1 Å². The Hall–Kier alpha value is -3.29. The van der Waals surface area contributed by atoms with Crippen LogP contribution in [-0.4, -0.2) is 38.4 Å². The number of pyridine rings is 1. The number of ether oxygens (including phenoxy) is 1. The van der Waals surface area contributed by atoms with Crippen molar-refractivity contribution in [3.8, 4) is 22.8 Å². The normalized spacial score (nSPS) is 15.2. The van der Waals surface area contributed by atoms with E-state index < -0.39 is 0 Å². The van der Waals surface area contributed by atoms with Gasteiger partial charge < -0.3 is 4.74 Å². The first kappa shape index (κ1) is 20.6. The van der Waals surface area contributed by atoms with Crippen LogP contribution in [0.25, 0.3) is 17.1 Å². The van der Waals surface area contributed by atoms with Crippen molar-refractivity contribution in [3.05, 3.63) is 89.0 Å². The van der Waals surface area contributed by atoms with E-state index in [1.807, 2.05) is 45.6 Å². The lowest BCUT2D eigenvalue weighted by atomic mass is 10.1. The fraction of sp³-hybridized carbons (Fsp3) is 0.240. The number of fused-ring (bicyclic) bond motifs is 1. The van der Waals surface area contributed by atoms with E-state index >= 15 is 0 Å². The Morgan fingerprint density at radius 3 is 2.56 bits per heavy atom. The molecule has 5 rings (SSSR count). The van der Waals surface area contributed by atoms with Crippen LogP contribution in [0.2, 0.25) is 0 Å². The number of aromatic nitrogens is 4. The van der Waals surface area contributed by atoms with E-state index in [0.717, 1.165) is 35.7 Å². The predicted molar refractivity (Wildman–Crippen MR) is 127 cm³/mol. The Balaban J connectivity index is 1.53. The van der Waals surface area contributed by atoms with Gasteiger partial charge in [-0.1, -0.05) is 24.3 Å². The fourth-order valence-electron chi connectivity index (χ4n) is 4.45. The van der Waals surface area contributed by atoms with Crippen molar-refractivity contribution >= 4 is 12.2 Å². The zero-order chi connectivity index (χ0) is 22.1. The third-order valence-corrected chi connectivity index (χ3v) is 6.49. The van der Waals surface area contributed by atoms with Crippen LogP contribution in [0, 0.1) is 4.77 Å². The van der Waals surface area contributed by atoms with E-state index in [1.54, 1.807) is 19.5 Å². The Morgan fingerprint density at radius 2 is 1.81 bits per heavy atom. The van der Waals surface area contributed by atoms with Crippen molar-refractivity contribution in [1.82, 2.24) is 24.2 Å². The number of benzene rings is 2. The maximum atomic E-state index is 5.92. The first-order valence-electron chi connectivity index (χ1n) is 10.7. The van der Waals surface area contributed by atoms with E-state index in [4.69, 9.17) is 22.1 Å². The van der Waals surface area contributed by atoms with E-state index in [-0.39, 0.29) is 0 Å². The van der Waals surface area contributed by atoms with Gasteiger partial charge in [0.15, 0.2) is 5.82 Å². The van der Waals surface area contributed by atoms with Crippen LogP contribution in [-0.2, 0) is 13.1 Å². The molecule has 0 amide bonds. The molecule has 1 aliphatic carbocycles. The summed E-state index contributed by atoms with van der Waals surface area (Å²) in [7, 11) is 3.81. The summed E-state index contributed by atoms with van der Waals surface area (Å²) in [4.78, 5) is 6.49. The van der Waals surface area contributed by atoms with Crippen LogP contribution in [0.3, 0.4) is 0 Å². The summed E-state index contributed by atoms with van der Waals surface area (Å²) in [5.74, 6) is 1.60. The van der Waals surface area contributed by atoms with Gasteiger partial charge in [0.25, 0.3) is 0 Å². The molecule has 1 aliphatic rings. The van der Waals surface area contributed by atoms with Gasteiger partial charge in [0.1, 0.15) is 5.75 Å². The van der Waals surface area contributed by atoms with E-state index in [0.29, 0.717) is 17.5 Å². The second-order valence-corrected chi connectivity index (χ2v) is 8.39. The summed E-state index contributed by atoms with van der Waals surface area (Å²) in [6.07, 6.45) is 5.77. The Morgan fingerprint density at radius 1 is 1.06 bits per heavy atom. The maximum Gasteiger partial charge on any atom is 0.204 e. The van der Waals surface area contributed by atoms with Gasteiger partial charge >= 0.3 is 0 Å². The van der Waals surface area contributed by atoms with Crippen molar-refractivity contribution in [3.63, 3.8) is 0 Å². The quantitative estimate of drug-likeness (QED) is 0.390. The average Bonchev–Trinajstić information content (AvgIpc) is 3.41. The molecule has 7 heteroatoms. The molecule has 0 saturated heterocycles. The number of nitrogens with zero attached hydrogens (tertiary/aromatic N) is 5. The topological polar surface area (TPSA) is 48.1 Å². The molecule has 0 radical (unpaired) electrons. The van der Waals surface area contributed by atoms with Crippen LogP contribution in [0.4, 0.5) is 0 Å². The zero-order valence-electron chi connectivity index (χ0n) is 18.2. The number of aryl methyl sites for hydroxylation is 1. The van der Waals surface area contributed by atoms with Crippen LogP contribution >= 0.6 is 12.2 Å². The fourth-order valence-corrected chi connectivity index (χ4v) is 4.74. The molecular weight excluding hydrogens is 418 g/mol. The minimum absolute atomic E-state index is 0.364. The van der Waals surface area contributed by atoms with Crippen molar-refractivity contribution < 1.29 is 4.74 Å². The predicted octanol–water partition coefficient (Wildman–Crippen LogP) is 5.05. The number of methoxy groups -OCH3 is 1. The number of hydrogen-bond donors (Lipinski definition) is 0. The second-order valence-electron chi connectivity index (χ2n) is 8.03. The molecule has 0 fully saturated rings. The minimum Gasteiger partial charge on any atom is -0.497 e. The monoisotopic (exact) mass is 443 g/mol. The summed E-state index contributed by atoms with van der Waals surface area (Å²) in [5.41, 5.74) is 4.76. The Kier molecular flexibility index (Phi) is 5.59. The number of hydrogen-bond acceptors (Lipinski definition) is 5. The van der Waals surface area contributed by atoms with E-state index in [2.05, 4.69) is 41.2 Å². The van der Waals surface area contributed by atoms with Crippen molar-refractivity contribution in [2.75, 3.05) is 14.2 Å². The first-order chi connectivity index (χ1) is 15.7. The first-order valence-corrected chi connectivity index (χ1v) is 11.1. The Bertz CT molecular complexity index is 1280. The molecule has 4 aromatic rings. The molecule has 6 nitrogen and oxygen atoms in total. The van der Waals surface area contributed by atoms with E-state index in [1.165, 1.54) is 11.1 Å². The molecular formula is C25H25N5OS. The molecule has 2 aromatic heterocycles. The minimum atomic E-state index is 0.364. The second kappa shape index (κ2) is 8.68. The smallest absolute Gasteiger partial charge is 0.204 e. The highest BCUT2D eigenvalue weighted by atomic mass is 32.1. The van der Waals surface area contributed by atoms with Crippen molar-refractivity contribution in [1.29, 1.82) is 0 Å². The molecule has 0 saturated carbocycles.